The molecule has 0 aromatic carbocycles. The lowest BCUT2D eigenvalue weighted by atomic mass is 9.94. The highest BCUT2D eigenvalue weighted by Gasteiger charge is 2.43. The lowest BCUT2D eigenvalue weighted by Crippen LogP contribution is -2.67. The minimum absolute atomic E-state index is 0.0191. The maximum atomic E-state index is 12.0. The summed E-state index contributed by atoms with van der Waals surface area (Å²) in [4.78, 5) is 17.9. The van der Waals surface area contributed by atoms with Gasteiger partial charge in [-0.2, -0.15) is 0 Å². The smallest absolute Gasteiger partial charge is 0.242 e. The second kappa shape index (κ2) is 5.33. The van der Waals surface area contributed by atoms with Gasteiger partial charge in [0.2, 0.25) is 5.91 Å². The van der Waals surface area contributed by atoms with Crippen molar-refractivity contribution in [3.8, 4) is 0 Å². The Kier molecular flexibility index (Phi) is 4.52. The molecule has 1 unspecified atom stereocenters. The van der Waals surface area contributed by atoms with E-state index in [4.69, 9.17) is 0 Å². The fourth-order valence-corrected chi connectivity index (χ4v) is 2.50. The van der Waals surface area contributed by atoms with Gasteiger partial charge in [0.05, 0.1) is 6.61 Å². The average Bonchev–Trinajstić information content (AvgIpc) is 2.20. The van der Waals surface area contributed by atoms with Gasteiger partial charge >= 0.3 is 0 Å². The van der Waals surface area contributed by atoms with Crippen LogP contribution in [-0.2, 0) is 4.79 Å². The number of amides is 1. The molecule has 0 aromatic rings. The number of aliphatic hydroxyl groups excluding tert-OH is 1. The molecule has 0 bridgehead atoms. The van der Waals surface area contributed by atoms with Crippen LogP contribution in [0.3, 0.4) is 0 Å². The van der Waals surface area contributed by atoms with Crippen molar-refractivity contribution in [3.63, 3.8) is 0 Å². The van der Waals surface area contributed by atoms with Crippen molar-refractivity contribution in [3.05, 3.63) is 0 Å². The third-order valence-corrected chi connectivity index (χ3v) is 3.40. The molecular formula is C12H25N3O2. The van der Waals surface area contributed by atoms with Crippen LogP contribution in [0.4, 0.5) is 0 Å². The predicted molar refractivity (Wildman–Crippen MR) is 67.8 cm³/mol. The lowest BCUT2D eigenvalue weighted by Gasteiger charge is -2.50. The van der Waals surface area contributed by atoms with Gasteiger partial charge in [-0.1, -0.05) is 0 Å². The van der Waals surface area contributed by atoms with Crippen molar-refractivity contribution in [1.29, 1.82) is 0 Å². The second-order valence-electron chi connectivity index (χ2n) is 5.70. The third-order valence-electron chi connectivity index (χ3n) is 3.40. The van der Waals surface area contributed by atoms with E-state index in [-0.39, 0.29) is 18.1 Å². The maximum absolute atomic E-state index is 12.0. The summed E-state index contributed by atoms with van der Waals surface area (Å²) in [6.07, 6.45) is 0. The molecule has 1 saturated heterocycles. The van der Waals surface area contributed by atoms with Gasteiger partial charge in [0.25, 0.3) is 0 Å². The third kappa shape index (κ3) is 3.18. The Balaban J connectivity index is 2.83. The van der Waals surface area contributed by atoms with Crippen LogP contribution < -0.4 is 0 Å². The van der Waals surface area contributed by atoms with Crippen molar-refractivity contribution < 1.29 is 9.90 Å². The van der Waals surface area contributed by atoms with E-state index in [2.05, 4.69) is 23.6 Å². The van der Waals surface area contributed by atoms with Crippen LogP contribution in [-0.4, -0.2) is 84.7 Å². The highest BCUT2D eigenvalue weighted by atomic mass is 16.3. The van der Waals surface area contributed by atoms with E-state index in [9.17, 15) is 9.90 Å². The van der Waals surface area contributed by atoms with Crippen LogP contribution in [0.5, 0.6) is 0 Å². The lowest BCUT2D eigenvalue weighted by molar-refractivity contribution is -0.150. The summed E-state index contributed by atoms with van der Waals surface area (Å²) in [5.41, 5.74) is -0.0912. The molecule has 0 aliphatic carbocycles. The van der Waals surface area contributed by atoms with E-state index in [0.717, 1.165) is 13.1 Å². The highest BCUT2D eigenvalue weighted by Crippen LogP contribution is 2.24. The van der Waals surface area contributed by atoms with Gasteiger partial charge in [-0.25, -0.2) is 0 Å². The van der Waals surface area contributed by atoms with Crippen molar-refractivity contribution in [1.82, 2.24) is 14.7 Å². The quantitative estimate of drug-likeness (QED) is 0.720. The van der Waals surface area contributed by atoms with Gasteiger partial charge in [-0.15, -0.1) is 0 Å². The Hall–Kier alpha value is -0.650. The van der Waals surface area contributed by atoms with Crippen LogP contribution >= 0.6 is 0 Å². The molecule has 5 nitrogen and oxygen atoms in total. The number of likely N-dealkylation sites (N-methyl/N-ethyl adjacent to an activating group) is 2. The molecule has 17 heavy (non-hydrogen) atoms. The van der Waals surface area contributed by atoms with E-state index in [1.54, 1.807) is 11.9 Å². The Morgan fingerprint density at radius 2 is 2.06 bits per heavy atom. The first-order chi connectivity index (χ1) is 7.79. The van der Waals surface area contributed by atoms with Crippen LogP contribution in [0.25, 0.3) is 0 Å². The van der Waals surface area contributed by atoms with Gasteiger partial charge in [0.1, 0.15) is 6.04 Å². The summed E-state index contributed by atoms with van der Waals surface area (Å²) in [5, 5.41) is 9.44. The molecule has 1 N–H and O–H groups in total. The molecule has 100 valence electrons. The van der Waals surface area contributed by atoms with Crippen LogP contribution in [0.2, 0.25) is 0 Å². The zero-order valence-electron chi connectivity index (χ0n) is 11.6. The Labute approximate surface area is 104 Å². The minimum atomic E-state index is -0.399. The molecule has 1 aliphatic heterocycles. The normalized spacial score (nSPS) is 25.7. The molecule has 1 rings (SSSR count). The molecule has 1 fully saturated rings. The molecule has 0 radical (unpaired) electrons. The number of nitrogens with zero attached hydrogens (tertiary/aromatic N) is 3. The fraction of sp³-hybridized carbons (Fsp3) is 0.917. The SMILES string of the molecule is CN(C)CCN1C(CO)C(=O)N(C)CC1(C)C. The number of piperazine rings is 1. The highest BCUT2D eigenvalue weighted by molar-refractivity contribution is 5.83. The predicted octanol–water partition coefficient (Wildman–Crippen LogP) is -0.538. The number of carbonyl (C=O) groups is 1. The Morgan fingerprint density at radius 3 is 2.53 bits per heavy atom. The fourth-order valence-electron chi connectivity index (χ4n) is 2.50. The standard InChI is InChI=1S/C12H25N3O2/c1-12(2)9-14(5)11(17)10(8-16)15(12)7-6-13(3)4/h10,16H,6-9H2,1-5H3. The summed E-state index contributed by atoms with van der Waals surface area (Å²) < 4.78 is 0. The van der Waals surface area contributed by atoms with Gasteiger partial charge in [0.15, 0.2) is 0 Å². The van der Waals surface area contributed by atoms with Crippen molar-refractivity contribution in [2.75, 3.05) is 47.4 Å². The summed E-state index contributed by atoms with van der Waals surface area (Å²) >= 11 is 0. The Bertz CT molecular complexity index is 279. The topological polar surface area (TPSA) is 47.0 Å². The molecule has 0 spiro atoms. The molecule has 1 amide bonds. The first kappa shape index (κ1) is 14.4. The molecule has 1 heterocycles. The van der Waals surface area contributed by atoms with Gasteiger partial charge in [-0.3, -0.25) is 9.69 Å². The van der Waals surface area contributed by atoms with Gasteiger partial charge in [0, 0.05) is 32.2 Å². The maximum Gasteiger partial charge on any atom is 0.242 e. The van der Waals surface area contributed by atoms with E-state index >= 15 is 0 Å². The molecule has 1 aliphatic rings. The van der Waals surface area contributed by atoms with Crippen molar-refractivity contribution in [2.45, 2.75) is 25.4 Å². The largest absolute Gasteiger partial charge is 0.394 e. The summed E-state index contributed by atoms with van der Waals surface area (Å²) in [6, 6.07) is -0.399. The summed E-state index contributed by atoms with van der Waals surface area (Å²) in [5.74, 6) is 0.0191. The molecule has 1 atom stereocenters. The molecule has 0 saturated carbocycles. The monoisotopic (exact) mass is 243 g/mol. The van der Waals surface area contributed by atoms with E-state index in [0.29, 0.717) is 6.54 Å². The average molecular weight is 243 g/mol. The molecular weight excluding hydrogens is 218 g/mol. The first-order valence-electron chi connectivity index (χ1n) is 6.07. The first-order valence-corrected chi connectivity index (χ1v) is 6.07. The number of aliphatic hydroxyl groups is 1. The number of hydrogen-bond donors (Lipinski definition) is 1. The van der Waals surface area contributed by atoms with Crippen LogP contribution in [0.1, 0.15) is 13.8 Å². The van der Waals surface area contributed by atoms with E-state index in [1.807, 2.05) is 14.1 Å². The number of carbonyl (C=O) groups excluding carboxylic acids is 1. The van der Waals surface area contributed by atoms with Crippen molar-refractivity contribution in [2.24, 2.45) is 0 Å². The zero-order valence-corrected chi connectivity index (χ0v) is 11.6. The van der Waals surface area contributed by atoms with Crippen LogP contribution in [0, 0.1) is 0 Å². The second-order valence-corrected chi connectivity index (χ2v) is 5.70. The van der Waals surface area contributed by atoms with Crippen molar-refractivity contribution >= 4 is 5.91 Å². The number of hydrogen-bond acceptors (Lipinski definition) is 4. The molecule has 5 heteroatoms. The summed E-state index contributed by atoms with van der Waals surface area (Å²) in [6.45, 7) is 6.51. The molecule has 0 aromatic heterocycles. The zero-order chi connectivity index (χ0) is 13.2. The van der Waals surface area contributed by atoms with E-state index < -0.39 is 6.04 Å². The van der Waals surface area contributed by atoms with Gasteiger partial charge in [-0.05, 0) is 27.9 Å². The minimum Gasteiger partial charge on any atom is -0.394 e. The van der Waals surface area contributed by atoms with Gasteiger partial charge < -0.3 is 14.9 Å². The number of rotatable bonds is 4. The summed E-state index contributed by atoms with van der Waals surface area (Å²) in [7, 11) is 5.83. The Morgan fingerprint density at radius 1 is 1.47 bits per heavy atom. The van der Waals surface area contributed by atoms with E-state index in [1.165, 1.54) is 0 Å². The van der Waals surface area contributed by atoms with Crippen LogP contribution in [0.15, 0.2) is 0 Å².